The highest BCUT2D eigenvalue weighted by Crippen LogP contribution is 2.68. The van der Waals surface area contributed by atoms with Gasteiger partial charge in [-0.3, -0.25) is 24.0 Å². The van der Waals surface area contributed by atoms with E-state index >= 15 is 9.59 Å². The van der Waals surface area contributed by atoms with E-state index in [9.17, 15) is 63.9 Å². The lowest BCUT2D eigenvalue weighted by molar-refractivity contribution is -0.346. The molecule has 13 rings (SSSR count). The van der Waals surface area contributed by atoms with Crippen LogP contribution in [0.2, 0.25) is 36.3 Å². The molecule has 0 spiro atoms. The molecule has 4 bridgehead atoms. The van der Waals surface area contributed by atoms with Crippen LogP contribution in [-0.4, -0.2) is 241 Å². The molecule has 9 aliphatic rings. The lowest BCUT2D eigenvalue weighted by Gasteiger charge is -2.68. The van der Waals surface area contributed by atoms with Gasteiger partial charge in [-0.05, 0) is 163 Å². The van der Waals surface area contributed by atoms with E-state index < -0.39 is 243 Å². The summed E-state index contributed by atoms with van der Waals surface area (Å²) in [5, 5.41) is 64.7. The number of carbonyl (C=O) groups is 10. The van der Waals surface area contributed by atoms with Crippen molar-refractivity contribution in [2.45, 2.75) is 333 Å². The summed E-state index contributed by atoms with van der Waals surface area (Å²) in [6.07, 6.45) is -20.1. The SMILES string of the molecule is CC[Si](CC)(CC)O[C@H]1C(=O)N(C(=O)OC(C)(C)C)[C@H]1c1ccccc1.[2H]C([2H])([2H])O[C@H]1C(=O)[C@@]2(C)[C@H]([C@H](OC(=O)c3ccccc3)[C@]3(O)C[C@H](OC(=O)[C@H](O)[C@@H](NC(=O)OC(C)(C)C)c4ccccc4)C(C)=C1C3(C)C)[C@]1(OC(C)=O)CO[C@@H]1C[C@@H]2O.[2H]C([2H])([2H])O[C@H]1C(=O)[C@]2(C)[C@@H](O[Si](CC)(CC)CC)C[C@H]3OC[C@@]3(OC(C)=O)[C@H]2[C@H](OC(=O)c2ccccc2)[C@]2(O)C[C@H](O)C(C)=C1C2(C)C. The largest absolute Gasteiger partial charge is 0.456 e. The highest BCUT2D eigenvalue weighted by molar-refractivity contribution is 6.74. The Morgan fingerprint density at radius 1 is 0.561 bits per heavy atom. The molecule has 30 nitrogen and oxygen atoms in total. The van der Waals surface area contributed by atoms with Crippen LogP contribution in [0.4, 0.5) is 9.59 Å². The van der Waals surface area contributed by atoms with E-state index in [-0.39, 0.29) is 71.8 Å². The molecular weight excluding hydrogens is 1730 g/mol. The molecule has 132 heavy (non-hydrogen) atoms. The van der Waals surface area contributed by atoms with Crippen LogP contribution in [0.1, 0.15) is 230 Å². The van der Waals surface area contributed by atoms with Crippen molar-refractivity contribution in [1.82, 2.24) is 10.2 Å². The fourth-order valence-electron chi connectivity index (χ4n) is 22.2. The number of alkyl carbamates (subject to hydrolysis) is 1. The number of imide groups is 1. The molecule has 6 N–H and O–H groups in total. The number of ketones is 2. The van der Waals surface area contributed by atoms with Crippen molar-refractivity contribution < 1.29 is 143 Å². The predicted molar refractivity (Wildman–Crippen MR) is 489 cm³/mol. The zero-order valence-corrected chi connectivity index (χ0v) is 81.8. The van der Waals surface area contributed by atoms with Crippen LogP contribution in [0.15, 0.2) is 144 Å². The maximum Gasteiger partial charge on any atom is 0.417 e. The Morgan fingerprint density at radius 3 is 1.41 bits per heavy atom. The Morgan fingerprint density at radius 2 is 0.977 bits per heavy atom. The zero-order valence-electron chi connectivity index (χ0n) is 85.8. The van der Waals surface area contributed by atoms with E-state index in [1.54, 1.807) is 148 Å². The average Bonchev–Trinajstić information content (AvgIpc) is 0.674. The van der Waals surface area contributed by atoms with Gasteiger partial charge in [-0.25, -0.2) is 28.9 Å². The van der Waals surface area contributed by atoms with Gasteiger partial charge in [0.2, 0.25) is 0 Å². The van der Waals surface area contributed by atoms with Gasteiger partial charge in [-0.2, -0.15) is 0 Å². The second-order valence-corrected chi connectivity index (χ2v) is 49.6. The van der Waals surface area contributed by atoms with E-state index in [2.05, 4.69) is 26.1 Å². The van der Waals surface area contributed by atoms with Crippen LogP contribution in [0.5, 0.6) is 0 Å². The third kappa shape index (κ3) is 18.6. The molecule has 3 heterocycles. The first-order valence-electron chi connectivity index (χ1n) is 48.7. The maximum atomic E-state index is 15.7. The molecule has 0 unspecified atom stereocenters. The standard InChI is InChI=1S/C44H55NO14.C36H52O10Si.C20H31NO4Si/c1-23-27(56-38(51)32(48)31(25-16-12-10-13-17-25)45-39(52)59-40(3,4)5)21-44(53)36(57-37(50)26-18-14-11-15-19-26)34-42(8,35(49)33(54-9)30(23)41(44,6)7)28(47)20-29-43(34,22-55-29)58-24(2)46;1-10-47(11-2,12-3)46-25-18-26-35(20-43-26,45-22(5)37)29-31(44-32(40)23-16-14-13-15-17-23)36(41)19-24(38)21(4)27(33(36,6)7)28(42-9)30(39)34(25,29)8;1-7-26(8-2,9-3)25-17-16(15-13-11-10-12-14-15)21(18(17)22)19(23)24-20(4,5)6/h10-19,27-29,31-34,36,47-48,53H,20-22H2,1-9H3,(H,45,52);13-17,24-26,28-29,31,38,41H,10-12,18-20H2,1-9H3;10-14,16-17H,7-9H2,1-6H3/t27-,28-,29+,31-,32+,33+,34-,36-,42+,43-,44+;24-,25-,26+,28+,29-,31-,34+,35-,36+;16-,17+/m000/s1/i2*9D3;. The molecule has 7 fully saturated rings. The van der Waals surface area contributed by atoms with Gasteiger partial charge in [0.1, 0.15) is 71.2 Å². The third-order valence-electron chi connectivity index (χ3n) is 30.1. The highest BCUT2D eigenvalue weighted by atomic mass is 28.4. The minimum Gasteiger partial charge on any atom is -0.456 e. The van der Waals surface area contributed by atoms with Crippen LogP contribution >= 0.6 is 0 Å². The third-order valence-corrected chi connectivity index (χ3v) is 39.4. The number of hydrogen-bond acceptors (Lipinski definition) is 28. The number of β-lactam (4-membered cyclic amide) rings is 1. The van der Waals surface area contributed by atoms with Crippen LogP contribution in [0.25, 0.3) is 0 Å². The molecule has 32 heteroatoms. The van der Waals surface area contributed by atoms with Gasteiger partial charge in [0, 0.05) is 64.4 Å². The molecule has 0 radical (unpaired) electrons. The lowest BCUT2D eigenvalue weighted by atomic mass is 9.44. The number of fused-ring (bicyclic) bond motifs is 10. The van der Waals surface area contributed by atoms with E-state index in [1.807, 2.05) is 51.1 Å². The second-order valence-electron chi connectivity index (χ2n) is 40.1. The Hall–Kier alpha value is -8.75. The summed E-state index contributed by atoms with van der Waals surface area (Å²) in [7, 11) is -10.8. The lowest BCUT2D eigenvalue weighted by Crippen LogP contribution is -2.82. The molecule has 3 aliphatic heterocycles. The summed E-state index contributed by atoms with van der Waals surface area (Å²) < 4.78 is 128. The van der Waals surface area contributed by atoms with Gasteiger partial charge in [-0.1, -0.05) is 166 Å². The van der Waals surface area contributed by atoms with Gasteiger partial charge in [0.05, 0.1) is 79.6 Å². The minimum atomic E-state index is -3.27. The van der Waals surface area contributed by atoms with Gasteiger partial charge >= 0.3 is 42.0 Å². The smallest absolute Gasteiger partial charge is 0.417 e. The minimum absolute atomic E-state index is 0.0326. The van der Waals surface area contributed by atoms with Crippen LogP contribution in [0.3, 0.4) is 0 Å². The van der Waals surface area contributed by atoms with E-state index in [0.29, 0.717) is 5.56 Å². The first kappa shape index (κ1) is 95.0. The van der Waals surface area contributed by atoms with Crippen LogP contribution in [0, 0.1) is 33.5 Å². The number of aliphatic hydroxyl groups excluding tert-OH is 3. The van der Waals surface area contributed by atoms with Gasteiger partial charge in [0.15, 0.2) is 51.6 Å². The first-order chi connectivity index (χ1) is 64.0. The number of nitrogens with zero attached hydrogens (tertiary/aromatic N) is 1. The zero-order chi connectivity index (χ0) is 103. The number of aliphatic hydroxyl groups is 5. The number of rotatable bonds is 24. The van der Waals surface area contributed by atoms with Crippen molar-refractivity contribution in [2.75, 3.05) is 27.3 Å². The van der Waals surface area contributed by atoms with Crippen molar-refractivity contribution >= 4 is 76.1 Å². The van der Waals surface area contributed by atoms with Gasteiger partial charge in [-0.15, -0.1) is 0 Å². The summed E-state index contributed by atoms with van der Waals surface area (Å²) >= 11 is 0. The van der Waals surface area contributed by atoms with Crippen molar-refractivity contribution in [2.24, 2.45) is 33.5 Å². The number of benzene rings is 4. The van der Waals surface area contributed by atoms with Gasteiger partial charge in [0.25, 0.3) is 5.91 Å². The highest BCUT2D eigenvalue weighted by Gasteiger charge is 2.81. The molecule has 3 amide bonds. The number of esters is 5. The molecule has 6 aliphatic carbocycles. The fraction of sp³-hybridized carbons (Fsp3) is 0.620. The number of carbonyl (C=O) groups excluding carboxylic acids is 10. The van der Waals surface area contributed by atoms with Crippen LogP contribution in [-0.2, 0) is 89.7 Å². The summed E-state index contributed by atoms with van der Waals surface area (Å²) in [5.74, 6) is -9.54. The van der Waals surface area contributed by atoms with Crippen molar-refractivity contribution in [1.29, 1.82) is 0 Å². The van der Waals surface area contributed by atoms with Crippen molar-refractivity contribution in [3.8, 4) is 0 Å². The fourth-order valence-corrected chi connectivity index (χ4v) is 27.9. The summed E-state index contributed by atoms with van der Waals surface area (Å²) in [6.45, 7) is 36.8. The summed E-state index contributed by atoms with van der Waals surface area (Å²) in [6, 6.07) is 36.7. The maximum absolute atomic E-state index is 15.7. The summed E-state index contributed by atoms with van der Waals surface area (Å²) in [4.78, 5) is 139. The quantitative estimate of drug-likeness (QED) is 0.0125. The molecule has 3 saturated heterocycles. The Balaban J connectivity index is 0.000000214. The van der Waals surface area contributed by atoms with Crippen LogP contribution < -0.4 is 5.32 Å². The molecule has 4 aromatic rings. The number of nitrogens with one attached hydrogen (secondary N) is 1. The number of likely N-dealkylation sites (tertiary alicyclic amines) is 1. The van der Waals surface area contributed by atoms with E-state index in [4.69, 9.17) is 69.2 Å². The van der Waals surface area contributed by atoms with Gasteiger partial charge < -0.3 is 91.8 Å². The predicted octanol–water partition coefficient (Wildman–Crippen LogP) is 13.6. The number of hydrogen-bond donors (Lipinski definition) is 6. The first-order valence-corrected chi connectivity index (χ1v) is 50.8. The summed E-state index contributed by atoms with van der Waals surface area (Å²) in [5.41, 5.74) is -15.3. The average molecular weight is 1880 g/mol. The number of Topliss-reactive ketones (excluding diaryl/α,β-unsaturated/α-hetero) is 2. The molecule has 724 valence electrons. The van der Waals surface area contributed by atoms with E-state index in [1.165, 1.54) is 51.7 Å². The van der Waals surface area contributed by atoms with Crippen molar-refractivity contribution in [3.05, 3.63) is 166 Å². The molecule has 4 aromatic carbocycles. The Labute approximate surface area is 785 Å². The monoisotopic (exact) mass is 1880 g/mol. The molecule has 22 atom stereocenters. The number of amides is 3. The number of methoxy groups -OCH3 is 2. The molecular formula is C100H138N2O28Si2. The molecule has 4 saturated carbocycles. The second kappa shape index (κ2) is 39.2. The van der Waals surface area contributed by atoms with E-state index in [0.717, 1.165) is 48.8 Å². The normalized spacial score (nSPS) is 33.3. The number of ether oxygens (including phenoxy) is 11. The Bertz CT molecular complexity index is 5200. The Kier molecular flexibility index (Phi) is 28.2. The van der Waals surface area contributed by atoms with Crippen molar-refractivity contribution in [3.63, 3.8) is 0 Å². The molecule has 0 aromatic heterocycles. The topological polar surface area (TPSA) is 407 Å².